The van der Waals surface area contributed by atoms with E-state index in [1.54, 1.807) is 18.2 Å². The van der Waals surface area contributed by atoms with E-state index in [9.17, 15) is 22.8 Å². The number of anilines is 2. The van der Waals surface area contributed by atoms with Crippen LogP contribution in [-0.4, -0.2) is 17.3 Å². The predicted octanol–water partition coefficient (Wildman–Crippen LogP) is 3.10. The Labute approximate surface area is 170 Å². The first-order valence-corrected chi connectivity index (χ1v) is 9.36. The molecule has 0 saturated heterocycles. The molecule has 0 aliphatic carbocycles. The van der Waals surface area contributed by atoms with Gasteiger partial charge in [-0.05, 0) is 42.5 Å². The molecule has 0 saturated carbocycles. The van der Waals surface area contributed by atoms with Crippen molar-refractivity contribution in [2.45, 2.75) is 6.36 Å². The number of alkyl halides is 3. The van der Waals surface area contributed by atoms with E-state index in [1.807, 2.05) is 12.1 Å². The van der Waals surface area contributed by atoms with Gasteiger partial charge in [-0.25, -0.2) is 4.99 Å². The Hall–Kier alpha value is -3.66. The summed E-state index contributed by atoms with van der Waals surface area (Å²) in [6.07, 6.45) is -1.56. The lowest BCUT2D eigenvalue weighted by molar-refractivity contribution is -0.274. The molecule has 0 bridgehead atoms. The van der Waals surface area contributed by atoms with Crippen molar-refractivity contribution < 1.29 is 22.7 Å². The normalized spacial score (nSPS) is 14.6. The number of aromatic nitrogens is 1. The van der Waals surface area contributed by atoms with E-state index >= 15 is 0 Å². The molecule has 3 aromatic rings. The number of hydrogen-bond acceptors (Lipinski definition) is 5. The number of para-hydroxylation sites is 1. The van der Waals surface area contributed by atoms with Crippen molar-refractivity contribution in [2.75, 3.05) is 5.32 Å². The number of halogens is 3. The smallest absolute Gasteiger partial charge is 0.406 e. The van der Waals surface area contributed by atoms with Crippen LogP contribution in [0.4, 0.5) is 24.7 Å². The lowest BCUT2D eigenvalue weighted by Crippen LogP contribution is -2.29. The summed E-state index contributed by atoms with van der Waals surface area (Å²) >= 11 is 0.884. The second-order valence-electron chi connectivity index (χ2n) is 6.17. The molecular weight excluding hydrogens is 419 g/mol. The van der Waals surface area contributed by atoms with Gasteiger partial charge in [0.15, 0.2) is 0 Å². The number of benzene rings is 2. The molecule has 4 rings (SSSR count). The number of aromatic amines is 1. The van der Waals surface area contributed by atoms with Crippen molar-refractivity contribution in [1.82, 2.24) is 4.98 Å². The number of rotatable bonds is 4. The molecule has 0 unspecified atom stereocenters. The van der Waals surface area contributed by atoms with Crippen LogP contribution in [0.1, 0.15) is 4.88 Å². The molecule has 2 N–H and O–H groups in total. The van der Waals surface area contributed by atoms with Gasteiger partial charge in [-0.1, -0.05) is 29.5 Å². The van der Waals surface area contributed by atoms with E-state index in [-0.39, 0.29) is 10.6 Å². The average Bonchev–Trinajstić information content (AvgIpc) is 3.01. The number of ether oxygens (including phenoxy) is 1. The lowest BCUT2D eigenvalue weighted by Gasteiger charge is -2.10. The minimum atomic E-state index is -4.78. The van der Waals surface area contributed by atoms with Gasteiger partial charge < -0.3 is 10.1 Å². The molecule has 0 radical (unpaired) electrons. The van der Waals surface area contributed by atoms with Crippen molar-refractivity contribution in [3.8, 4) is 5.75 Å². The number of thiazole rings is 1. The summed E-state index contributed by atoms with van der Waals surface area (Å²) in [5.41, 5.74) is 0.730. The summed E-state index contributed by atoms with van der Waals surface area (Å²) in [5.74, 6) is -0.493. The number of nitrogens with zero attached hydrogens (tertiary/aromatic N) is 1. The lowest BCUT2D eigenvalue weighted by atomic mass is 10.1. The first-order valence-electron chi connectivity index (χ1n) is 8.54. The van der Waals surface area contributed by atoms with Crippen molar-refractivity contribution >= 4 is 40.9 Å². The molecule has 30 heavy (non-hydrogen) atoms. The molecule has 6 nitrogen and oxygen atoms in total. The van der Waals surface area contributed by atoms with Gasteiger partial charge in [0.25, 0.3) is 5.91 Å². The van der Waals surface area contributed by atoms with E-state index in [2.05, 4.69) is 20.0 Å². The molecule has 152 valence electrons. The number of carbonyl (C=O) groups excluding carboxylic acids is 1. The summed E-state index contributed by atoms with van der Waals surface area (Å²) in [5, 5.41) is 4.27. The molecule has 10 heteroatoms. The number of amides is 1. The number of fused-ring (bicyclic) bond motifs is 1. The molecule has 0 fully saturated rings. The molecule has 1 aromatic heterocycles. The summed E-state index contributed by atoms with van der Waals surface area (Å²) in [6, 6.07) is 12.2. The van der Waals surface area contributed by atoms with Crippen molar-refractivity contribution in [2.24, 2.45) is 4.99 Å². The zero-order valence-electron chi connectivity index (χ0n) is 15.0. The van der Waals surface area contributed by atoms with Crippen LogP contribution in [-0.2, 0) is 4.79 Å². The van der Waals surface area contributed by atoms with Crippen LogP contribution >= 0.6 is 11.3 Å². The molecule has 1 aliphatic rings. The van der Waals surface area contributed by atoms with Gasteiger partial charge in [0.1, 0.15) is 11.6 Å². The van der Waals surface area contributed by atoms with Gasteiger partial charge in [-0.3, -0.25) is 14.6 Å². The Kier molecular flexibility index (Phi) is 5.00. The van der Waals surface area contributed by atoms with Crippen LogP contribution in [0, 0.1) is 0 Å². The molecule has 2 heterocycles. The van der Waals surface area contributed by atoms with Crippen molar-refractivity contribution in [3.63, 3.8) is 0 Å². The molecule has 2 aromatic carbocycles. The minimum Gasteiger partial charge on any atom is -0.406 e. The number of carbonyl (C=O) groups is 1. The van der Waals surface area contributed by atoms with Crippen LogP contribution in [0.5, 0.6) is 5.75 Å². The molecule has 1 aliphatic heterocycles. The van der Waals surface area contributed by atoms with Gasteiger partial charge in [-0.15, -0.1) is 13.2 Å². The van der Waals surface area contributed by atoms with E-state index in [0.717, 1.165) is 28.7 Å². The summed E-state index contributed by atoms with van der Waals surface area (Å²) < 4.78 is 40.6. The Bertz CT molecular complexity index is 1320. The summed E-state index contributed by atoms with van der Waals surface area (Å²) in [4.78, 5) is 30.9. The molecule has 0 spiro atoms. The second-order valence-corrected chi connectivity index (χ2v) is 7.19. The maximum Gasteiger partial charge on any atom is 0.573 e. The standard InChI is InChI=1S/C20H12F3N3O3S/c21-20(22,23)29-14-7-5-13(6-8-14)24-17-16(30-19(28)26-17)10-12-9-11-3-1-2-4-15(11)25-18(12)27/h1-10,24H,(H,26,28)/b12-10+. The van der Waals surface area contributed by atoms with Gasteiger partial charge in [0, 0.05) is 16.5 Å². The van der Waals surface area contributed by atoms with Crippen molar-refractivity contribution in [3.05, 3.63) is 79.2 Å². The second kappa shape index (κ2) is 7.64. The maximum absolute atomic E-state index is 12.3. The highest BCUT2D eigenvalue weighted by molar-refractivity contribution is 7.10. The topological polar surface area (TPSA) is 83.5 Å². The third-order valence-electron chi connectivity index (χ3n) is 4.04. The Morgan fingerprint density at radius 2 is 1.80 bits per heavy atom. The summed E-state index contributed by atoms with van der Waals surface area (Å²) in [6.45, 7) is 0. The highest BCUT2D eigenvalue weighted by Gasteiger charge is 2.30. The SMILES string of the molecule is O=C1N=c2ccccc2=C/C1=C\c1sc(=O)[nH]c1Nc1ccc(OC(F)(F)F)cc1. The van der Waals surface area contributed by atoms with E-state index in [4.69, 9.17) is 0 Å². The van der Waals surface area contributed by atoms with Gasteiger partial charge >= 0.3 is 11.2 Å². The zero-order valence-corrected chi connectivity index (χ0v) is 15.8. The largest absolute Gasteiger partial charge is 0.573 e. The predicted molar refractivity (Wildman–Crippen MR) is 106 cm³/mol. The fourth-order valence-electron chi connectivity index (χ4n) is 2.78. The Balaban J connectivity index is 1.62. The van der Waals surface area contributed by atoms with Gasteiger partial charge in [-0.2, -0.15) is 0 Å². The van der Waals surface area contributed by atoms with Gasteiger partial charge in [0.2, 0.25) is 0 Å². The van der Waals surface area contributed by atoms with Crippen molar-refractivity contribution in [1.29, 1.82) is 0 Å². The van der Waals surface area contributed by atoms with Crippen LogP contribution in [0.25, 0.3) is 12.2 Å². The van der Waals surface area contributed by atoms with Crippen LogP contribution in [0.15, 0.2) is 63.9 Å². The third-order valence-corrected chi connectivity index (χ3v) is 4.87. The van der Waals surface area contributed by atoms with Gasteiger partial charge in [0.05, 0.1) is 10.2 Å². The Morgan fingerprint density at radius 1 is 1.07 bits per heavy atom. The quantitative estimate of drug-likeness (QED) is 0.622. The number of nitrogens with one attached hydrogen (secondary N) is 2. The first-order chi connectivity index (χ1) is 14.3. The monoisotopic (exact) mass is 431 g/mol. The molecule has 1 amide bonds. The Morgan fingerprint density at radius 3 is 2.53 bits per heavy atom. The summed E-state index contributed by atoms with van der Waals surface area (Å²) in [7, 11) is 0. The van der Waals surface area contributed by atoms with Crippen LogP contribution in [0.3, 0.4) is 0 Å². The van der Waals surface area contributed by atoms with Crippen LogP contribution < -0.4 is 25.5 Å². The maximum atomic E-state index is 12.3. The number of hydrogen-bond donors (Lipinski definition) is 2. The fraction of sp³-hybridized carbons (Fsp3) is 0.0500. The zero-order chi connectivity index (χ0) is 21.3. The first kappa shape index (κ1) is 19.6. The van der Waals surface area contributed by atoms with E-state index < -0.39 is 12.3 Å². The highest BCUT2D eigenvalue weighted by Crippen LogP contribution is 2.27. The average molecular weight is 431 g/mol. The van der Waals surface area contributed by atoms with E-state index in [1.165, 1.54) is 18.2 Å². The highest BCUT2D eigenvalue weighted by atomic mass is 32.1. The van der Waals surface area contributed by atoms with E-state index in [0.29, 0.717) is 27.3 Å². The van der Waals surface area contributed by atoms with Crippen LogP contribution in [0.2, 0.25) is 0 Å². The molecular formula is C20H12F3N3O3S. The third kappa shape index (κ3) is 4.49. The minimum absolute atomic E-state index is 0.306. The molecule has 0 atom stereocenters. The fourth-order valence-corrected chi connectivity index (χ4v) is 3.52. The number of H-pyrrole nitrogens is 1.